The van der Waals surface area contributed by atoms with Crippen molar-refractivity contribution in [3.8, 4) is 0 Å². The zero-order valence-corrected chi connectivity index (χ0v) is 17.8. The first-order chi connectivity index (χ1) is 15.7. The van der Waals surface area contributed by atoms with Crippen LogP contribution in [0.15, 0.2) is 106 Å². The van der Waals surface area contributed by atoms with E-state index in [2.05, 4.69) is 20.9 Å². The molecule has 2 aromatic carbocycles. The Morgan fingerprint density at radius 3 is 2.25 bits per heavy atom. The Morgan fingerprint density at radius 1 is 0.844 bits per heavy atom. The van der Waals surface area contributed by atoms with Crippen LogP contribution in [0, 0.1) is 0 Å². The Bertz CT molecular complexity index is 1160. The topological polar surface area (TPSA) is 96.3 Å². The van der Waals surface area contributed by atoms with Crippen molar-refractivity contribution in [2.45, 2.75) is 16.5 Å². The predicted molar refractivity (Wildman–Crippen MR) is 124 cm³/mol. The van der Waals surface area contributed by atoms with Crippen LogP contribution in [0.1, 0.15) is 16.1 Å². The maximum Gasteiger partial charge on any atom is 0.319 e. The molecule has 0 fully saturated rings. The number of nitrogens with zero attached hydrogens (tertiary/aromatic N) is 1. The molecule has 0 aliphatic heterocycles. The number of carbonyl (C=O) groups is 2. The van der Waals surface area contributed by atoms with Gasteiger partial charge in [0, 0.05) is 28.0 Å². The van der Waals surface area contributed by atoms with Gasteiger partial charge in [-0.3, -0.25) is 4.79 Å². The van der Waals surface area contributed by atoms with Crippen molar-refractivity contribution < 1.29 is 14.0 Å². The van der Waals surface area contributed by atoms with E-state index in [0.717, 1.165) is 9.92 Å². The number of aromatic nitrogens is 1. The molecule has 0 saturated heterocycles. The van der Waals surface area contributed by atoms with Crippen LogP contribution in [0.5, 0.6) is 0 Å². The van der Waals surface area contributed by atoms with Crippen LogP contribution in [0.4, 0.5) is 16.2 Å². The number of pyridine rings is 1. The van der Waals surface area contributed by atoms with Crippen LogP contribution in [-0.4, -0.2) is 16.9 Å². The smallest absolute Gasteiger partial charge is 0.319 e. The van der Waals surface area contributed by atoms with Gasteiger partial charge in [-0.25, -0.2) is 9.78 Å². The van der Waals surface area contributed by atoms with Gasteiger partial charge in [0.1, 0.15) is 10.8 Å². The highest BCUT2D eigenvalue weighted by Gasteiger charge is 2.08. The molecule has 0 radical (unpaired) electrons. The molecule has 0 bridgehead atoms. The van der Waals surface area contributed by atoms with Crippen LogP contribution in [0.2, 0.25) is 0 Å². The van der Waals surface area contributed by atoms with Crippen molar-refractivity contribution in [3.63, 3.8) is 0 Å². The highest BCUT2D eigenvalue weighted by Crippen LogP contribution is 2.26. The Balaban J connectivity index is 1.28. The summed E-state index contributed by atoms with van der Waals surface area (Å²) in [5.41, 5.74) is 1.79. The third-order valence-corrected chi connectivity index (χ3v) is 5.34. The van der Waals surface area contributed by atoms with Crippen LogP contribution in [0.3, 0.4) is 0 Å². The molecule has 0 unspecified atom stereocenters. The normalized spacial score (nSPS) is 10.4. The molecule has 0 aliphatic rings. The third kappa shape index (κ3) is 5.99. The minimum Gasteiger partial charge on any atom is -0.467 e. The van der Waals surface area contributed by atoms with Crippen LogP contribution < -0.4 is 16.0 Å². The van der Waals surface area contributed by atoms with Gasteiger partial charge in [-0.05, 0) is 72.8 Å². The Labute approximate surface area is 189 Å². The second kappa shape index (κ2) is 10.3. The van der Waals surface area contributed by atoms with Crippen molar-refractivity contribution in [3.05, 3.63) is 103 Å². The van der Waals surface area contributed by atoms with Gasteiger partial charge in [0.2, 0.25) is 0 Å². The Kier molecular flexibility index (Phi) is 6.84. The highest BCUT2D eigenvalue weighted by atomic mass is 32.2. The number of amides is 3. The molecule has 0 saturated carbocycles. The lowest BCUT2D eigenvalue weighted by molar-refractivity contribution is 0.102. The summed E-state index contributed by atoms with van der Waals surface area (Å²) in [6.45, 7) is 0.298. The summed E-state index contributed by atoms with van der Waals surface area (Å²) in [5.74, 6) is 0.456. The van der Waals surface area contributed by atoms with Crippen molar-refractivity contribution in [2.24, 2.45) is 0 Å². The minimum absolute atomic E-state index is 0.212. The molecule has 2 heterocycles. The fraction of sp³-hybridized carbons (Fsp3) is 0.0417. The number of hydrogen-bond acceptors (Lipinski definition) is 5. The second-order valence-electron chi connectivity index (χ2n) is 6.71. The largest absolute Gasteiger partial charge is 0.467 e. The summed E-state index contributed by atoms with van der Waals surface area (Å²) in [7, 11) is 0. The van der Waals surface area contributed by atoms with Crippen LogP contribution >= 0.6 is 11.8 Å². The van der Waals surface area contributed by atoms with E-state index in [1.807, 2.05) is 30.3 Å². The van der Waals surface area contributed by atoms with E-state index in [4.69, 9.17) is 4.42 Å². The SMILES string of the molecule is O=C(NCc1ccco1)Nc1ccc(NC(=O)c2ccc(Sc3ccccn3)cc2)cc1. The number of urea groups is 1. The van der Waals surface area contributed by atoms with Crippen LogP contribution in [0.25, 0.3) is 0 Å². The summed E-state index contributed by atoms with van der Waals surface area (Å²) in [4.78, 5) is 29.8. The quantitative estimate of drug-likeness (QED) is 0.355. The van der Waals surface area contributed by atoms with E-state index in [9.17, 15) is 9.59 Å². The van der Waals surface area contributed by atoms with Gasteiger partial charge >= 0.3 is 6.03 Å². The summed E-state index contributed by atoms with van der Waals surface area (Å²) in [6.07, 6.45) is 3.30. The van der Waals surface area contributed by atoms with Gasteiger partial charge in [-0.1, -0.05) is 17.8 Å². The minimum atomic E-state index is -0.346. The lowest BCUT2D eigenvalue weighted by Crippen LogP contribution is -2.27. The second-order valence-corrected chi connectivity index (χ2v) is 7.81. The maximum absolute atomic E-state index is 12.5. The first kappa shape index (κ1) is 21.2. The molecule has 4 aromatic rings. The molecule has 32 heavy (non-hydrogen) atoms. The van der Waals surface area contributed by atoms with E-state index in [1.165, 1.54) is 11.8 Å². The van der Waals surface area contributed by atoms with Crippen molar-refractivity contribution >= 4 is 35.1 Å². The first-order valence-electron chi connectivity index (χ1n) is 9.83. The molecule has 3 N–H and O–H groups in total. The molecule has 0 aliphatic carbocycles. The summed E-state index contributed by atoms with van der Waals surface area (Å²) < 4.78 is 5.17. The molecule has 3 amide bonds. The fourth-order valence-corrected chi connectivity index (χ4v) is 3.57. The first-order valence-corrected chi connectivity index (χ1v) is 10.6. The molecular weight excluding hydrogens is 424 g/mol. The number of rotatable bonds is 7. The zero-order valence-electron chi connectivity index (χ0n) is 16.9. The molecule has 8 heteroatoms. The fourth-order valence-electron chi connectivity index (χ4n) is 2.80. The van der Waals surface area contributed by atoms with E-state index in [0.29, 0.717) is 29.2 Å². The molecule has 0 atom stereocenters. The van der Waals surface area contributed by atoms with E-state index in [1.54, 1.807) is 61.0 Å². The predicted octanol–water partition coefficient (Wildman–Crippen LogP) is 5.40. The van der Waals surface area contributed by atoms with Crippen molar-refractivity contribution in [1.29, 1.82) is 0 Å². The molecule has 4 rings (SSSR count). The van der Waals surface area contributed by atoms with Gasteiger partial charge in [-0.15, -0.1) is 0 Å². The summed E-state index contributed by atoms with van der Waals surface area (Å²) in [5, 5.41) is 9.18. The third-order valence-electron chi connectivity index (χ3n) is 4.38. The number of benzene rings is 2. The van der Waals surface area contributed by atoms with Crippen molar-refractivity contribution in [1.82, 2.24) is 10.3 Å². The number of nitrogens with one attached hydrogen (secondary N) is 3. The standard InChI is InChI=1S/C24H20N4O3S/c29-23(17-6-12-21(13-7-17)32-22-5-1-2-14-25-22)27-18-8-10-19(11-9-18)28-24(30)26-16-20-4-3-15-31-20/h1-15H,16H2,(H,27,29)(H2,26,28,30). The van der Waals surface area contributed by atoms with Gasteiger partial charge < -0.3 is 20.4 Å². The molecule has 160 valence electrons. The van der Waals surface area contributed by atoms with Gasteiger partial charge in [-0.2, -0.15) is 0 Å². The van der Waals surface area contributed by atoms with Gasteiger partial charge in [0.05, 0.1) is 12.8 Å². The molecule has 2 aromatic heterocycles. The van der Waals surface area contributed by atoms with E-state index >= 15 is 0 Å². The monoisotopic (exact) mass is 444 g/mol. The lowest BCUT2D eigenvalue weighted by atomic mass is 10.2. The molecular formula is C24H20N4O3S. The number of carbonyl (C=O) groups excluding carboxylic acids is 2. The summed E-state index contributed by atoms with van der Waals surface area (Å²) >= 11 is 1.53. The van der Waals surface area contributed by atoms with Gasteiger partial charge in [0.15, 0.2) is 0 Å². The zero-order chi connectivity index (χ0) is 22.2. The highest BCUT2D eigenvalue weighted by molar-refractivity contribution is 7.99. The number of furan rings is 1. The van der Waals surface area contributed by atoms with E-state index < -0.39 is 0 Å². The number of anilines is 2. The average Bonchev–Trinajstić information content (AvgIpc) is 3.34. The summed E-state index contributed by atoms with van der Waals surface area (Å²) in [6, 6.07) is 23.2. The Morgan fingerprint density at radius 2 is 1.59 bits per heavy atom. The number of hydrogen-bond donors (Lipinski definition) is 3. The van der Waals surface area contributed by atoms with Gasteiger partial charge in [0.25, 0.3) is 5.91 Å². The molecule has 0 spiro atoms. The average molecular weight is 445 g/mol. The molecule has 7 nitrogen and oxygen atoms in total. The van der Waals surface area contributed by atoms with Crippen molar-refractivity contribution in [2.75, 3.05) is 10.6 Å². The lowest BCUT2D eigenvalue weighted by Gasteiger charge is -2.09. The Hall–Kier alpha value is -4.04. The maximum atomic E-state index is 12.5. The van der Waals surface area contributed by atoms with E-state index in [-0.39, 0.29) is 11.9 Å². The van der Waals surface area contributed by atoms with Crippen LogP contribution in [-0.2, 0) is 6.54 Å².